The highest BCUT2D eigenvalue weighted by Crippen LogP contribution is 2.49. The fourth-order valence-electron chi connectivity index (χ4n) is 6.57. The van der Waals surface area contributed by atoms with Gasteiger partial charge >= 0.3 is 5.97 Å². The number of rotatable bonds is 10. The van der Waals surface area contributed by atoms with Crippen molar-refractivity contribution in [3.05, 3.63) is 88.0 Å². The van der Waals surface area contributed by atoms with Crippen LogP contribution < -0.4 is 14.8 Å². The number of fused-ring (bicyclic) bond motifs is 1. The van der Waals surface area contributed by atoms with E-state index in [1.54, 1.807) is 0 Å². The van der Waals surface area contributed by atoms with Gasteiger partial charge in [0.2, 0.25) is 12.7 Å². The average Bonchev–Trinajstić information content (AvgIpc) is 3.59. The maximum absolute atomic E-state index is 13.6. The molecule has 2 heterocycles. The molecule has 3 atom stereocenters. The van der Waals surface area contributed by atoms with Gasteiger partial charge in [-0.3, -0.25) is 14.5 Å². The average molecular weight is 557 g/mol. The Morgan fingerprint density at radius 1 is 0.976 bits per heavy atom. The molecule has 7 heteroatoms. The van der Waals surface area contributed by atoms with Gasteiger partial charge in [-0.15, -0.1) is 0 Å². The van der Waals surface area contributed by atoms with Crippen LogP contribution in [0.4, 0.5) is 5.69 Å². The van der Waals surface area contributed by atoms with Crippen LogP contribution in [-0.2, 0) is 28.9 Å². The van der Waals surface area contributed by atoms with E-state index in [0.29, 0.717) is 18.0 Å². The molecule has 216 valence electrons. The number of aryl methyl sites for hydroxylation is 3. The Kier molecular flexibility index (Phi) is 8.64. The number of likely N-dealkylation sites (tertiary alicyclic amines) is 1. The first-order valence-electron chi connectivity index (χ1n) is 14.7. The molecule has 1 saturated heterocycles. The number of hydrogen-bond acceptors (Lipinski definition) is 5. The van der Waals surface area contributed by atoms with E-state index in [9.17, 15) is 14.7 Å². The Labute approximate surface area is 242 Å². The summed E-state index contributed by atoms with van der Waals surface area (Å²) in [6.45, 7) is 8.95. The first-order valence-corrected chi connectivity index (χ1v) is 14.7. The van der Waals surface area contributed by atoms with Gasteiger partial charge in [0.25, 0.3) is 0 Å². The molecular weight excluding hydrogens is 516 g/mol. The first-order chi connectivity index (χ1) is 19.9. The van der Waals surface area contributed by atoms with Gasteiger partial charge in [0.1, 0.15) is 0 Å². The predicted octanol–water partition coefficient (Wildman–Crippen LogP) is 6.28. The van der Waals surface area contributed by atoms with Gasteiger partial charge in [0.05, 0.1) is 12.5 Å². The van der Waals surface area contributed by atoms with Crippen molar-refractivity contribution < 1.29 is 24.2 Å². The number of hydrogen-bond donors (Lipinski definition) is 2. The second-order valence-corrected chi connectivity index (χ2v) is 11.1. The molecule has 0 bridgehead atoms. The van der Waals surface area contributed by atoms with Crippen molar-refractivity contribution in [2.24, 2.45) is 5.92 Å². The van der Waals surface area contributed by atoms with E-state index in [1.807, 2.05) is 54.3 Å². The first kappa shape index (κ1) is 28.7. The number of ether oxygens (including phenoxy) is 2. The van der Waals surface area contributed by atoms with E-state index >= 15 is 0 Å². The largest absolute Gasteiger partial charge is 0.481 e. The van der Waals surface area contributed by atoms with E-state index < -0.39 is 17.9 Å². The minimum absolute atomic E-state index is 0.0897. The fraction of sp³-hybridized carbons (Fsp3) is 0.412. The van der Waals surface area contributed by atoms with Crippen molar-refractivity contribution in [3.63, 3.8) is 0 Å². The molecule has 3 aromatic carbocycles. The van der Waals surface area contributed by atoms with Gasteiger partial charge in [0, 0.05) is 24.2 Å². The van der Waals surface area contributed by atoms with Gasteiger partial charge in [-0.2, -0.15) is 0 Å². The van der Waals surface area contributed by atoms with E-state index in [4.69, 9.17) is 9.47 Å². The monoisotopic (exact) mass is 556 g/mol. The number of nitrogens with one attached hydrogen (secondary N) is 1. The topological polar surface area (TPSA) is 88.1 Å². The molecule has 7 nitrogen and oxygen atoms in total. The lowest BCUT2D eigenvalue weighted by atomic mass is 9.81. The van der Waals surface area contributed by atoms with Gasteiger partial charge in [-0.25, -0.2) is 0 Å². The number of anilines is 1. The lowest BCUT2D eigenvalue weighted by molar-refractivity contribution is -0.143. The zero-order valence-electron chi connectivity index (χ0n) is 24.4. The predicted molar refractivity (Wildman–Crippen MR) is 160 cm³/mol. The van der Waals surface area contributed by atoms with Gasteiger partial charge in [-0.05, 0) is 65.6 Å². The van der Waals surface area contributed by atoms with E-state index in [1.165, 1.54) is 5.56 Å². The Morgan fingerprint density at radius 3 is 2.32 bits per heavy atom. The molecule has 1 fully saturated rings. The Bertz CT molecular complexity index is 1400. The Morgan fingerprint density at radius 2 is 1.68 bits per heavy atom. The summed E-state index contributed by atoms with van der Waals surface area (Å²) in [6, 6.07) is 17.7. The standard InChI is InChI=1S/C34H40N2O5/c1-5-9-22-12-14-25(15-13-22)32-30(34(38)39)27(26-16-17-28-33(21(26)4)41-20-40-28)18-36(32)19-29(37)35-31-23(6-2)10-8-11-24(31)7-3/h8,10-17,27,30,32H,5-7,9,18-20H2,1-4H3,(H,35,37)(H,38,39)/t27-,30?,32+/m1/s1. The van der Waals surface area contributed by atoms with Crippen LogP contribution in [0.15, 0.2) is 54.6 Å². The summed E-state index contributed by atoms with van der Waals surface area (Å²) in [5.41, 5.74) is 7.01. The maximum atomic E-state index is 13.6. The third kappa shape index (κ3) is 5.68. The van der Waals surface area contributed by atoms with Crippen molar-refractivity contribution in [1.82, 2.24) is 4.90 Å². The molecule has 0 aliphatic carbocycles. The van der Waals surface area contributed by atoms with Crippen molar-refractivity contribution in [2.45, 2.75) is 65.3 Å². The minimum Gasteiger partial charge on any atom is -0.481 e. The molecule has 1 unspecified atom stereocenters. The quantitative estimate of drug-likeness (QED) is 0.306. The smallest absolute Gasteiger partial charge is 0.309 e. The molecular formula is C34H40N2O5. The highest BCUT2D eigenvalue weighted by atomic mass is 16.7. The molecule has 1 amide bonds. The summed E-state index contributed by atoms with van der Waals surface area (Å²) in [5, 5.41) is 13.8. The number of carbonyl (C=O) groups excluding carboxylic acids is 1. The van der Waals surface area contributed by atoms with Crippen molar-refractivity contribution in [1.29, 1.82) is 0 Å². The summed E-state index contributed by atoms with van der Waals surface area (Å²) in [5.74, 6) is -0.733. The Balaban J connectivity index is 1.51. The molecule has 2 aliphatic rings. The summed E-state index contributed by atoms with van der Waals surface area (Å²) in [7, 11) is 0. The zero-order valence-corrected chi connectivity index (χ0v) is 24.4. The van der Waals surface area contributed by atoms with Crippen LogP contribution in [0.2, 0.25) is 0 Å². The number of para-hydroxylation sites is 1. The molecule has 5 rings (SSSR count). The second-order valence-electron chi connectivity index (χ2n) is 11.1. The highest BCUT2D eigenvalue weighted by molar-refractivity contribution is 5.94. The number of carbonyl (C=O) groups is 2. The van der Waals surface area contributed by atoms with Gasteiger partial charge in [0.15, 0.2) is 11.5 Å². The fourth-order valence-corrected chi connectivity index (χ4v) is 6.57. The Hall–Kier alpha value is -3.84. The SMILES string of the molecule is CCCc1ccc([C@H]2C(C(=O)O)[C@@H](c3ccc4c(c3C)OCO4)CN2CC(=O)Nc2c(CC)cccc2CC)cc1. The second kappa shape index (κ2) is 12.4. The molecule has 0 radical (unpaired) electrons. The van der Waals surface area contributed by atoms with Crippen LogP contribution in [-0.4, -0.2) is 41.8 Å². The number of aliphatic carboxylic acids is 1. The number of carboxylic acids is 1. The number of benzene rings is 3. The molecule has 41 heavy (non-hydrogen) atoms. The normalized spacial score (nSPS) is 19.9. The molecule has 2 aliphatic heterocycles. The lowest BCUT2D eigenvalue weighted by Gasteiger charge is -2.27. The lowest BCUT2D eigenvalue weighted by Crippen LogP contribution is -2.35. The molecule has 3 aromatic rings. The van der Waals surface area contributed by atoms with Crippen LogP contribution in [0.1, 0.15) is 72.5 Å². The summed E-state index contributed by atoms with van der Waals surface area (Å²) < 4.78 is 11.3. The van der Waals surface area contributed by atoms with E-state index in [-0.39, 0.29) is 25.2 Å². The molecule has 0 aromatic heterocycles. The molecule has 2 N–H and O–H groups in total. The summed E-state index contributed by atoms with van der Waals surface area (Å²) in [6.07, 6.45) is 3.63. The van der Waals surface area contributed by atoms with Crippen LogP contribution in [0.3, 0.4) is 0 Å². The number of amides is 1. The van der Waals surface area contributed by atoms with Crippen LogP contribution in [0.5, 0.6) is 11.5 Å². The van der Waals surface area contributed by atoms with Gasteiger partial charge < -0.3 is 19.9 Å². The van der Waals surface area contributed by atoms with E-state index in [0.717, 1.165) is 59.2 Å². The molecule has 0 spiro atoms. The van der Waals surface area contributed by atoms with Crippen molar-refractivity contribution >= 4 is 17.6 Å². The molecule has 0 saturated carbocycles. The zero-order chi connectivity index (χ0) is 29.1. The summed E-state index contributed by atoms with van der Waals surface area (Å²) in [4.78, 5) is 28.7. The van der Waals surface area contributed by atoms with Gasteiger partial charge in [-0.1, -0.05) is 75.7 Å². The third-order valence-corrected chi connectivity index (χ3v) is 8.58. The maximum Gasteiger partial charge on any atom is 0.309 e. The van der Waals surface area contributed by atoms with Crippen LogP contribution in [0.25, 0.3) is 0 Å². The third-order valence-electron chi connectivity index (χ3n) is 8.58. The highest BCUT2D eigenvalue weighted by Gasteiger charge is 2.48. The number of carboxylic acid groups (broad SMARTS) is 1. The van der Waals surface area contributed by atoms with Crippen molar-refractivity contribution in [2.75, 3.05) is 25.2 Å². The summed E-state index contributed by atoms with van der Waals surface area (Å²) >= 11 is 0. The van der Waals surface area contributed by atoms with Crippen molar-refractivity contribution in [3.8, 4) is 11.5 Å². The van der Waals surface area contributed by atoms with Crippen LogP contribution in [0, 0.1) is 12.8 Å². The van der Waals surface area contributed by atoms with Crippen LogP contribution >= 0.6 is 0 Å². The van der Waals surface area contributed by atoms with E-state index in [2.05, 4.69) is 38.2 Å². The number of nitrogens with zero attached hydrogens (tertiary/aromatic N) is 1. The minimum atomic E-state index is -0.873.